The van der Waals surface area contributed by atoms with Gasteiger partial charge in [-0.2, -0.15) is 0 Å². The molecule has 2 saturated heterocycles. The minimum absolute atomic E-state index is 0.185. The van der Waals surface area contributed by atoms with Crippen LogP contribution < -0.4 is 10.2 Å². The standard InChI is InChI=1S/C25H34N4O/c1-21(25(30)29-14-6-3-7-15-29)26-23-10-12-24(13-11-23)28-18-16-27(17-19-28)20-22-8-4-2-5-9-22/h2,4-5,8-13,21,26H,3,6-7,14-20H2,1H3/t21-/m1/s1. The van der Waals surface area contributed by atoms with Gasteiger partial charge < -0.3 is 15.1 Å². The van der Waals surface area contributed by atoms with Gasteiger partial charge >= 0.3 is 0 Å². The van der Waals surface area contributed by atoms with Gasteiger partial charge in [-0.15, -0.1) is 0 Å². The van der Waals surface area contributed by atoms with Crippen molar-refractivity contribution < 1.29 is 4.79 Å². The molecule has 2 aromatic carbocycles. The molecule has 5 nitrogen and oxygen atoms in total. The number of piperidine rings is 1. The van der Waals surface area contributed by atoms with Crippen LogP contribution in [0, 0.1) is 0 Å². The van der Waals surface area contributed by atoms with Crippen LogP contribution in [0.1, 0.15) is 31.7 Å². The van der Waals surface area contributed by atoms with E-state index in [1.807, 2.05) is 11.8 Å². The normalized spacial score (nSPS) is 18.8. The predicted molar refractivity (Wildman–Crippen MR) is 124 cm³/mol. The summed E-state index contributed by atoms with van der Waals surface area (Å²) in [4.78, 5) is 19.6. The summed E-state index contributed by atoms with van der Waals surface area (Å²) in [6.45, 7) is 9.05. The van der Waals surface area contributed by atoms with E-state index in [1.165, 1.54) is 17.7 Å². The number of nitrogens with zero attached hydrogens (tertiary/aromatic N) is 3. The van der Waals surface area contributed by atoms with Crippen LogP contribution in [0.25, 0.3) is 0 Å². The van der Waals surface area contributed by atoms with Crippen LogP contribution in [-0.4, -0.2) is 61.0 Å². The highest BCUT2D eigenvalue weighted by Crippen LogP contribution is 2.21. The van der Waals surface area contributed by atoms with E-state index in [0.29, 0.717) is 0 Å². The van der Waals surface area contributed by atoms with Gasteiger partial charge in [0.1, 0.15) is 6.04 Å². The molecule has 160 valence electrons. The van der Waals surface area contributed by atoms with E-state index in [0.717, 1.165) is 64.3 Å². The number of benzene rings is 2. The average molecular weight is 407 g/mol. The first kappa shape index (κ1) is 20.7. The Morgan fingerprint density at radius 3 is 2.20 bits per heavy atom. The van der Waals surface area contributed by atoms with Crippen LogP contribution >= 0.6 is 0 Å². The molecule has 2 fully saturated rings. The molecule has 0 unspecified atom stereocenters. The molecular weight excluding hydrogens is 372 g/mol. The van der Waals surface area contributed by atoms with E-state index in [-0.39, 0.29) is 11.9 Å². The van der Waals surface area contributed by atoms with Gasteiger partial charge in [0.25, 0.3) is 0 Å². The smallest absolute Gasteiger partial charge is 0.244 e. The molecule has 4 rings (SSSR count). The third-order valence-electron chi connectivity index (χ3n) is 6.28. The van der Waals surface area contributed by atoms with E-state index < -0.39 is 0 Å². The number of carbonyl (C=O) groups excluding carboxylic acids is 1. The molecule has 1 amide bonds. The lowest BCUT2D eigenvalue weighted by atomic mass is 10.1. The van der Waals surface area contributed by atoms with Crippen molar-refractivity contribution in [2.45, 2.75) is 38.8 Å². The van der Waals surface area contributed by atoms with Crippen LogP contribution in [0.15, 0.2) is 54.6 Å². The summed E-state index contributed by atoms with van der Waals surface area (Å²) in [6, 6.07) is 19.1. The van der Waals surface area contributed by atoms with Crippen molar-refractivity contribution in [3.05, 3.63) is 60.2 Å². The molecule has 0 saturated carbocycles. The van der Waals surface area contributed by atoms with E-state index in [2.05, 4.69) is 69.7 Å². The van der Waals surface area contributed by atoms with Gasteiger partial charge in [0.05, 0.1) is 0 Å². The van der Waals surface area contributed by atoms with Crippen molar-refractivity contribution in [2.24, 2.45) is 0 Å². The highest BCUT2D eigenvalue weighted by atomic mass is 16.2. The third kappa shape index (κ3) is 5.33. The Labute approximate surface area is 180 Å². The molecule has 2 heterocycles. The number of rotatable bonds is 6. The SMILES string of the molecule is C[C@@H](Nc1ccc(N2CCN(Cc3ccccc3)CC2)cc1)C(=O)N1CCCCC1. The third-order valence-corrected chi connectivity index (χ3v) is 6.28. The van der Waals surface area contributed by atoms with Crippen LogP contribution in [0.3, 0.4) is 0 Å². The summed E-state index contributed by atoms with van der Waals surface area (Å²) >= 11 is 0. The Hall–Kier alpha value is -2.53. The average Bonchev–Trinajstić information content (AvgIpc) is 2.81. The molecule has 0 aromatic heterocycles. The van der Waals surface area contributed by atoms with Gasteiger partial charge in [0.2, 0.25) is 5.91 Å². The second-order valence-electron chi connectivity index (χ2n) is 8.55. The van der Waals surface area contributed by atoms with E-state index >= 15 is 0 Å². The number of nitrogens with one attached hydrogen (secondary N) is 1. The zero-order valence-corrected chi connectivity index (χ0v) is 18.1. The second kappa shape index (κ2) is 9.98. The van der Waals surface area contributed by atoms with Gasteiger partial charge in [-0.3, -0.25) is 9.69 Å². The first-order chi connectivity index (χ1) is 14.7. The molecular formula is C25H34N4O. The van der Waals surface area contributed by atoms with Gasteiger partial charge in [-0.1, -0.05) is 30.3 Å². The maximum atomic E-state index is 12.6. The Kier molecular flexibility index (Phi) is 6.90. The van der Waals surface area contributed by atoms with Gasteiger partial charge in [0, 0.05) is 57.2 Å². The summed E-state index contributed by atoms with van der Waals surface area (Å²) < 4.78 is 0. The maximum Gasteiger partial charge on any atom is 0.244 e. The molecule has 5 heteroatoms. The van der Waals surface area contributed by atoms with Crippen LogP contribution in [0.2, 0.25) is 0 Å². The minimum atomic E-state index is -0.185. The number of carbonyl (C=O) groups is 1. The minimum Gasteiger partial charge on any atom is -0.374 e. The van der Waals surface area contributed by atoms with Crippen molar-refractivity contribution in [3.8, 4) is 0 Å². The number of hydrogen-bond donors (Lipinski definition) is 1. The van der Waals surface area contributed by atoms with Gasteiger partial charge in [-0.25, -0.2) is 0 Å². The zero-order chi connectivity index (χ0) is 20.8. The Bertz CT molecular complexity index is 794. The molecule has 1 atom stereocenters. The summed E-state index contributed by atoms with van der Waals surface area (Å²) in [5.74, 6) is 0.216. The largest absolute Gasteiger partial charge is 0.374 e. The predicted octanol–water partition coefficient (Wildman–Crippen LogP) is 3.82. The topological polar surface area (TPSA) is 38.8 Å². The highest BCUT2D eigenvalue weighted by molar-refractivity contribution is 5.84. The van der Waals surface area contributed by atoms with Crippen LogP contribution in [0.5, 0.6) is 0 Å². The van der Waals surface area contributed by atoms with Crippen molar-refractivity contribution >= 4 is 17.3 Å². The van der Waals surface area contributed by atoms with Crippen LogP contribution in [-0.2, 0) is 11.3 Å². The lowest BCUT2D eigenvalue weighted by Crippen LogP contribution is -2.46. The summed E-state index contributed by atoms with van der Waals surface area (Å²) in [6.07, 6.45) is 3.51. The molecule has 0 bridgehead atoms. The van der Waals surface area contributed by atoms with E-state index in [9.17, 15) is 4.79 Å². The maximum absolute atomic E-state index is 12.6. The number of piperazine rings is 1. The van der Waals surface area contributed by atoms with Gasteiger partial charge in [-0.05, 0) is 56.0 Å². The van der Waals surface area contributed by atoms with Crippen molar-refractivity contribution in [1.82, 2.24) is 9.80 Å². The first-order valence-corrected chi connectivity index (χ1v) is 11.4. The highest BCUT2D eigenvalue weighted by Gasteiger charge is 2.22. The summed E-state index contributed by atoms with van der Waals surface area (Å²) in [5, 5.41) is 3.39. The second-order valence-corrected chi connectivity index (χ2v) is 8.55. The quantitative estimate of drug-likeness (QED) is 0.792. The lowest BCUT2D eigenvalue weighted by Gasteiger charge is -2.36. The number of anilines is 2. The zero-order valence-electron chi connectivity index (χ0n) is 18.1. The molecule has 0 radical (unpaired) electrons. The Morgan fingerprint density at radius 2 is 1.53 bits per heavy atom. The summed E-state index contributed by atoms with van der Waals surface area (Å²) in [7, 11) is 0. The number of hydrogen-bond acceptors (Lipinski definition) is 4. The first-order valence-electron chi connectivity index (χ1n) is 11.4. The Morgan fingerprint density at radius 1 is 0.867 bits per heavy atom. The van der Waals surface area contributed by atoms with E-state index in [1.54, 1.807) is 0 Å². The van der Waals surface area contributed by atoms with Crippen molar-refractivity contribution in [2.75, 3.05) is 49.5 Å². The fraction of sp³-hybridized carbons (Fsp3) is 0.480. The Balaban J connectivity index is 1.26. The van der Waals surface area contributed by atoms with E-state index in [4.69, 9.17) is 0 Å². The van der Waals surface area contributed by atoms with Crippen molar-refractivity contribution in [3.63, 3.8) is 0 Å². The van der Waals surface area contributed by atoms with Gasteiger partial charge in [0.15, 0.2) is 0 Å². The monoisotopic (exact) mass is 406 g/mol. The molecule has 0 aliphatic carbocycles. The van der Waals surface area contributed by atoms with Crippen LogP contribution in [0.4, 0.5) is 11.4 Å². The number of amides is 1. The molecule has 2 aliphatic rings. The fourth-order valence-electron chi connectivity index (χ4n) is 4.47. The molecule has 0 spiro atoms. The summed E-state index contributed by atoms with van der Waals surface area (Å²) in [5.41, 5.74) is 3.66. The number of likely N-dealkylation sites (tertiary alicyclic amines) is 1. The molecule has 1 N–H and O–H groups in total. The molecule has 30 heavy (non-hydrogen) atoms. The van der Waals surface area contributed by atoms with Crippen molar-refractivity contribution in [1.29, 1.82) is 0 Å². The fourth-order valence-corrected chi connectivity index (χ4v) is 4.47. The molecule has 2 aliphatic heterocycles. The lowest BCUT2D eigenvalue weighted by molar-refractivity contribution is -0.132. The molecule has 2 aromatic rings.